The molecule has 0 fully saturated rings. The second kappa shape index (κ2) is 11.0. The zero-order valence-electron chi connectivity index (χ0n) is 19.1. The molecule has 0 bridgehead atoms. The minimum atomic E-state index is -4.03. The summed E-state index contributed by atoms with van der Waals surface area (Å²) in [5.41, 5.74) is 1.63. The molecule has 4 rings (SSSR count). The van der Waals surface area contributed by atoms with E-state index in [0.717, 1.165) is 5.56 Å². The van der Waals surface area contributed by atoms with E-state index >= 15 is 0 Å². The summed E-state index contributed by atoms with van der Waals surface area (Å²) in [7, 11) is -2.56. The van der Waals surface area contributed by atoms with E-state index in [-0.39, 0.29) is 24.1 Å². The Kier molecular flexibility index (Phi) is 7.59. The Morgan fingerprint density at radius 3 is 2.60 bits per heavy atom. The topological polar surface area (TPSA) is 107 Å². The van der Waals surface area contributed by atoms with Gasteiger partial charge in [0.15, 0.2) is 0 Å². The van der Waals surface area contributed by atoms with Crippen molar-refractivity contribution in [1.29, 1.82) is 0 Å². The summed E-state index contributed by atoms with van der Waals surface area (Å²) in [5.74, 6) is -0.0359. The van der Waals surface area contributed by atoms with E-state index in [9.17, 15) is 13.2 Å². The monoisotopic (exact) mass is 493 g/mol. The molecule has 1 aromatic heterocycles. The van der Waals surface area contributed by atoms with Gasteiger partial charge in [-0.25, -0.2) is 8.42 Å². The third-order valence-electron chi connectivity index (χ3n) is 5.24. The molecule has 0 aliphatic carbocycles. The fourth-order valence-corrected chi connectivity index (χ4v) is 4.78. The number of aromatic nitrogens is 1. The highest BCUT2D eigenvalue weighted by Gasteiger charge is 2.22. The van der Waals surface area contributed by atoms with Gasteiger partial charge in [-0.15, -0.1) is 0 Å². The summed E-state index contributed by atoms with van der Waals surface area (Å²) in [5, 5.41) is 3.46. The Morgan fingerprint density at radius 1 is 1.00 bits per heavy atom. The molecular formula is C26H27N3O5S. The van der Waals surface area contributed by atoms with E-state index in [1.54, 1.807) is 30.3 Å². The Labute approximate surface area is 205 Å². The van der Waals surface area contributed by atoms with Gasteiger partial charge in [0.1, 0.15) is 10.6 Å². The van der Waals surface area contributed by atoms with Crippen LogP contribution in [0.5, 0.6) is 5.75 Å². The molecule has 0 saturated carbocycles. The zero-order chi connectivity index (χ0) is 24.7. The van der Waals surface area contributed by atoms with Crippen LogP contribution < -0.4 is 14.8 Å². The zero-order valence-corrected chi connectivity index (χ0v) is 19.9. The van der Waals surface area contributed by atoms with E-state index in [4.69, 9.17) is 9.47 Å². The number of hydrogen-bond acceptors (Lipinski definition) is 6. The number of nitrogens with one attached hydrogen (secondary N) is 2. The summed E-state index contributed by atoms with van der Waals surface area (Å²) in [4.78, 5) is 17.2. The van der Waals surface area contributed by atoms with Gasteiger partial charge in [0, 0.05) is 19.6 Å². The average molecular weight is 494 g/mol. The first-order valence-electron chi connectivity index (χ1n) is 10.9. The van der Waals surface area contributed by atoms with Gasteiger partial charge in [-0.2, -0.15) is 0 Å². The number of anilines is 1. The van der Waals surface area contributed by atoms with Crippen LogP contribution in [0.1, 0.15) is 17.3 Å². The van der Waals surface area contributed by atoms with Crippen LogP contribution in [0.3, 0.4) is 0 Å². The summed E-state index contributed by atoms with van der Waals surface area (Å²) in [6.45, 7) is 0.982. The van der Waals surface area contributed by atoms with E-state index in [0.29, 0.717) is 29.9 Å². The highest BCUT2D eigenvalue weighted by Crippen LogP contribution is 2.27. The minimum Gasteiger partial charge on any atom is -0.497 e. The summed E-state index contributed by atoms with van der Waals surface area (Å²) >= 11 is 0. The number of sulfonamides is 1. The SMILES string of the molecule is COc1ccc(NS(=O)(=O)c2cccc3cccnc23)c(C(=O)NCCOCc2ccccc2)c1.[HH]. The largest absolute Gasteiger partial charge is 0.497 e. The molecule has 182 valence electrons. The van der Waals surface area contributed by atoms with Crippen molar-refractivity contribution < 1.29 is 24.1 Å². The number of para-hydroxylation sites is 1. The molecule has 0 aliphatic heterocycles. The summed E-state index contributed by atoms with van der Waals surface area (Å²) in [6, 6.07) is 22.7. The minimum absolute atomic E-state index is 0. The van der Waals surface area contributed by atoms with Crippen molar-refractivity contribution in [3.05, 3.63) is 96.2 Å². The van der Waals surface area contributed by atoms with Crippen molar-refractivity contribution in [3.63, 3.8) is 0 Å². The molecule has 0 spiro atoms. The lowest BCUT2D eigenvalue weighted by Gasteiger charge is -2.15. The average Bonchev–Trinajstić information content (AvgIpc) is 2.88. The lowest BCUT2D eigenvalue weighted by Crippen LogP contribution is -2.28. The Bertz CT molecular complexity index is 1430. The third kappa shape index (κ3) is 5.95. The Morgan fingerprint density at radius 2 is 1.80 bits per heavy atom. The van der Waals surface area contributed by atoms with Crippen molar-refractivity contribution in [2.45, 2.75) is 11.5 Å². The molecule has 2 N–H and O–H groups in total. The van der Waals surface area contributed by atoms with Crippen LogP contribution in [0.25, 0.3) is 10.9 Å². The maximum absolute atomic E-state index is 13.2. The van der Waals surface area contributed by atoms with Crippen molar-refractivity contribution in [1.82, 2.24) is 10.3 Å². The first-order valence-corrected chi connectivity index (χ1v) is 12.4. The number of nitrogens with zero attached hydrogens (tertiary/aromatic N) is 1. The first-order chi connectivity index (χ1) is 17.0. The van der Waals surface area contributed by atoms with Crippen LogP contribution >= 0.6 is 0 Å². The maximum atomic E-state index is 13.2. The van der Waals surface area contributed by atoms with Gasteiger partial charge in [-0.05, 0) is 35.9 Å². The number of fused-ring (bicyclic) bond motifs is 1. The fraction of sp³-hybridized carbons (Fsp3) is 0.154. The lowest BCUT2D eigenvalue weighted by molar-refractivity contribution is 0.0901. The number of methoxy groups -OCH3 is 1. The van der Waals surface area contributed by atoms with Crippen molar-refractivity contribution in [2.24, 2.45) is 0 Å². The Hall–Kier alpha value is -3.95. The van der Waals surface area contributed by atoms with Gasteiger partial charge in [-0.3, -0.25) is 14.5 Å². The quantitative estimate of drug-likeness (QED) is 0.320. The molecule has 0 atom stereocenters. The van der Waals surface area contributed by atoms with Crippen LogP contribution in [-0.4, -0.2) is 39.6 Å². The van der Waals surface area contributed by atoms with Crippen LogP contribution in [0.15, 0.2) is 90.0 Å². The molecule has 4 aromatic rings. The second-order valence-corrected chi connectivity index (χ2v) is 9.29. The summed E-state index contributed by atoms with van der Waals surface area (Å²) < 4.78 is 39.9. The van der Waals surface area contributed by atoms with Crippen molar-refractivity contribution in [2.75, 3.05) is 25.0 Å². The molecule has 35 heavy (non-hydrogen) atoms. The van der Waals surface area contributed by atoms with Crippen molar-refractivity contribution >= 4 is 32.5 Å². The van der Waals surface area contributed by atoms with Crippen molar-refractivity contribution in [3.8, 4) is 5.75 Å². The number of hydrogen-bond donors (Lipinski definition) is 2. The molecule has 3 aromatic carbocycles. The standard InChI is InChI=1S/C26H25N3O5S.H2/c1-33-21-12-13-23(29-35(31,32)24-11-5-9-20-10-6-14-27-25(20)24)22(17-21)26(30)28-15-16-34-18-19-7-3-2-4-8-19;/h2-14,17,29H,15-16,18H2,1H3,(H,28,30);1H. The van der Waals surface area contributed by atoms with E-state index in [1.165, 1.54) is 31.5 Å². The van der Waals surface area contributed by atoms with Gasteiger partial charge in [0.05, 0.1) is 37.1 Å². The highest BCUT2D eigenvalue weighted by atomic mass is 32.2. The molecule has 0 saturated heterocycles. The molecular weight excluding hydrogens is 466 g/mol. The van der Waals surface area contributed by atoms with Gasteiger partial charge in [0.25, 0.3) is 15.9 Å². The van der Waals surface area contributed by atoms with Gasteiger partial charge >= 0.3 is 0 Å². The number of benzene rings is 3. The normalized spacial score (nSPS) is 11.2. The Balaban J connectivity index is 0.00000361. The fourth-order valence-electron chi connectivity index (χ4n) is 3.52. The van der Waals surface area contributed by atoms with Crippen LogP contribution in [0, 0.1) is 0 Å². The maximum Gasteiger partial charge on any atom is 0.264 e. The number of pyridine rings is 1. The number of carbonyl (C=O) groups is 1. The third-order valence-corrected chi connectivity index (χ3v) is 6.64. The molecule has 1 amide bonds. The van der Waals surface area contributed by atoms with Crippen LogP contribution in [0.2, 0.25) is 0 Å². The van der Waals surface area contributed by atoms with Gasteiger partial charge < -0.3 is 14.8 Å². The predicted molar refractivity (Wildman–Crippen MR) is 136 cm³/mol. The van der Waals surface area contributed by atoms with Gasteiger partial charge in [-0.1, -0.05) is 48.5 Å². The molecule has 0 aliphatic rings. The smallest absolute Gasteiger partial charge is 0.264 e. The van der Waals surface area contributed by atoms with Crippen LogP contribution in [-0.2, 0) is 21.4 Å². The number of amides is 1. The molecule has 9 heteroatoms. The predicted octanol–water partition coefficient (Wildman–Crippen LogP) is 4.24. The summed E-state index contributed by atoms with van der Waals surface area (Å²) in [6.07, 6.45) is 1.54. The lowest BCUT2D eigenvalue weighted by atomic mass is 10.1. The van der Waals surface area contributed by atoms with E-state index < -0.39 is 15.9 Å². The van der Waals surface area contributed by atoms with Gasteiger partial charge in [0.2, 0.25) is 0 Å². The molecule has 1 heterocycles. The van der Waals surface area contributed by atoms with Crippen LogP contribution in [0.4, 0.5) is 5.69 Å². The first kappa shape index (κ1) is 24.2. The number of ether oxygens (including phenoxy) is 2. The number of rotatable bonds is 10. The number of carbonyl (C=O) groups excluding carboxylic acids is 1. The molecule has 0 unspecified atom stereocenters. The van der Waals surface area contributed by atoms with E-state index in [2.05, 4.69) is 15.0 Å². The van der Waals surface area contributed by atoms with E-state index in [1.807, 2.05) is 30.3 Å². The second-order valence-electron chi connectivity index (χ2n) is 7.64. The molecule has 0 radical (unpaired) electrons. The molecule has 8 nitrogen and oxygen atoms in total. The highest BCUT2D eigenvalue weighted by molar-refractivity contribution is 7.93.